The van der Waals surface area contributed by atoms with Gasteiger partial charge in [0.2, 0.25) is 0 Å². The number of carboxylic acids is 1. The maximum atomic E-state index is 12.4. The molecular weight excluding hydrogens is 354 g/mol. The Hall–Kier alpha value is -3.32. The lowest BCUT2D eigenvalue weighted by molar-refractivity contribution is 0.0694. The number of phenols is 1. The van der Waals surface area contributed by atoms with Crippen LogP contribution in [0.3, 0.4) is 0 Å². The number of ether oxygens (including phenoxy) is 1. The Labute approximate surface area is 152 Å². The number of benzene rings is 3. The van der Waals surface area contributed by atoms with Crippen LogP contribution in [0.15, 0.2) is 77.7 Å². The van der Waals surface area contributed by atoms with Crippen molar-refractivity contribution >= 4 is 22.6 Å². The smallest absolute Gasteiger partial charge is 0.339 e. The van der Waals surface area contributed by atoms with E-state index in [-0.39, 0.29) is 5.56 Å². The Morgan fingerprint density at radius 2 is 1.58 bits per heavy atom. The van der Waals surface area contributed by atoms with Crippen LogP contribution in [0.2, 0.25) is 0 Å². The molecule has 0 heterocycles. The van der Waals surface area contributed by atoms with Crippen LogP contribution in [0.4, 0.5) is 5.69 Å². The van der Waals surface area contributed by atoms with E-state index >= 15 is 0 Å². The van der Waals surface area contributed by atoms with Gasteiger partial charge in [0, 0.05) is 6.07 Å². The molecule has 3 N–H and O–H groups in total. The summed E-state index contributed by atoms with van der Waals surface area (Å²) < 4.78 is 20.8. The van der Waals surface area contributed by atoms with Crippen LogP contribution >= 0.6 is 0 Å². The lowest BCUT2D eigenvalue weighted by atomic mass is 10.2. The molecule has 26 heavy (non-hydrogen) atoms. The van der Waals surface area contributed by atoms with Gasteiger partial charge in [0.1, 0.15) is 33.8 Å². The van der Waals surface area contributed by atoms with Crippen LogP contribution in [-0.2, 0) is 11.0 Å². The summed E-state index contributed by atoms with van der Waals surface area (Å²) in [5.41, 5.74) is 0.124. The number of rotatable bonds is 6. The average Bonchev–Trinajstić information content (AvgIpc) is 2.63. The fraction of sp³-hybridized carbons (Fsp3) is 0. The number of aromatic hydroxyl groups is 1. The van der Waals surface area contributed by atoms with E-state index in [0.29, 0.717) is 22.1 Å². The summed E-state index contributed by atoms with van der Waals surface area (Å²) in [7, 11) is -1.58. The molecule has 0 aliphatic carbocycles. The van der Waals surface area contributed by atoms with E-state index in [9.17, 15) is 14.1 Å². The normalized spacial score (nSPS) is 11.5. The van der Waals surface area contributed by atoms with Crippen LogP contribution in [0.25, 0.3) is 0 Å². The third-order valence-electron chi connectivity index (χ3n) is 3.46. The monoisotopic (exact) mass is 369 g/mol. The molecule has 1 unspecified atom stereocenters. The summed E-state index contributed by atoms with van der Waals surface area (Å²) >= 11 is 0. The maximum absolute atomic E-state index is 12.4. The van der Waals surface area contributed by atoms with Gasteiger partial charge in [0.05, 0.1) is 10.6 Å². The highest BCUT2D eigenvalue weighted by atomic mass is 32.2. The molecule has 7 heteroatoms. The highest BCUT2D eigenvalue weighted by Crippen LogP contribution is 2.25. The molecule has 3 rings (SSSR count). The van der Waals surface area contributed by atoms with Gasteiger partial charge in [-0.3, -0.25) is 0 Å². The minimum absolute atomic E-state index is 0.219. The molecule has 0 aliphatic heterocycles. The van der Waals surface area contributed by atoms with Crippen molar-refractivity contribution in [3.05, 3.63) is 78.4 Å². The standard InChI is InChI=1S/C19H15NO5S/c21-18-12-13(6-11-17(18)19(22)23)20-26(24)16-9-7-15(8-10-16)25-14-4-2-1-3-5-14/h1-12,20-21H,(H,22,23). The second-order valence-electron chi connectivity index (χ2n) is 5.29. The van der Waals surface area contributed by atoms with E-state index < -0.39 is 22.7 Å². The van der Waals surface area contributed by atoms with Crippen molar-refractivity contribution < 1.29 is 24.0 Å². The molecule has 1 atom stereocenters. The number of hydrogen-bond donors (Lipinski definition) is 3. The number of aromatic carboxylic acids is 1. The van der Waals surface area contributed by atoms with E-state index in [1.165, 1.54) is 18.2 Å². The van der Waals surface area contributed by atoms with Crippen molar-refractivity contribution in [1.29, 1.82) is 0 Å². The molecule has 0 spiro atoms. The number of nitrogens with one attached hydrogen (secondary N) is 1. The molecule has 0 aromatic heterocycles. The zero-order valence-electron chi connectivity index (χ0n) is 13.5. The number of carbonyl (C=O) groups is 1. The lowest BCUT2D eigenvalue weighted by Crippen LogP contribution is -2.05. The van der Waals surface area contributed by atoms with Crippen molar-refractivity contribution in [2.75, 3.05) is 4.72 Å². The predicted molar refractivity (Wildman–Crippen MR) is 98.1 cm³/mol. The zero-order valence-corrected chi connectivity index (χ0v) is 14.3. The number of anilines is 1. The Morgan fingerprint density at radius 3 is 2.19 bits per heavy atom. The first-order chi connectivity index (χ1) is 12.5. The van der Waals surface area contributed by atoms with Crippen LogP contribution in [-0.4, -0.2) is 20.4 Å². The minimum atomic E-state index is -1.58. The Balaban J connectivity index is 1.68. The Kier molecular flexibility index (Phi) is 5.19. The SMILES string of the molecule is O=C(O)c1ccc(NS(=O)c2ccc(Oc3ccccc3)cc2)cc1O. The molecule has 0 bridgehead atoms. The zero-order chi connectivity index (χ0) is 18.5. The van der Waals surface area contributed by atoms with E-state index in [1.54, 1.807) is 24.3 Å². The molecule has 3 aromatic rings. The summed E-state index contributed by atoms with van der Waals surface area (Å²) in [6, 6.07) is 19.9. The topological polar surface area (TPSA) is 95.9 Å². The number of carboxylic acid groups (broad SMARTS) is 1. The Bertz CT molecular complexity index is 942. The largest absolute Gasteiger partial charge is 0.507 e. The molecule has 0 radical (unpaired) electrons. The van der Waals surface area contributed by atoms with Crippen molar-refractivity contribution in [2.45, 2.75) is 4.90 Å². The summed E-state index contributed by atoms with van der Waals surface area (Å²) in [6.45, 7) is 0. The highest BCUT2D eigenvalue weighted by Gasteiger charge is 2.11. The van der Waals surface area contributed by atoms with E-state index in [2.05, 4.69) is 4.72 Å². The van der Waals surface area contributed by atoms with Crippen molar-refractivity contribution in [1.82, 2.24) is 0 Å². The first-order valence-corrected chi connectivity index (χ1v) is 8.75. The first kappa shape index (κ1) is 17.5. The fourth-order valence-electron chi connectivity index (χ4n) is 2.20. The van der Waals surface area contributed by atoms with Crippen molar-refractivity contribution in [3.63, 3.8) is 0 Å². The van der Waals surface area contributed by atoms with Crippen molar-refractivity contribution in [2.24, 2.45) is 0 Å². The van der Waals surface area contributed by atoms with Gasteiger partial charge in [0.15, 0.2) is 0 Å². The van der Waals surface area contributed by atoms with Gasteiger partial charge < -0.3 is 19.7 Å². The molecule has 0 fully saturated rings. The predicted octanol–water partition coefficient (Wildman–Crippen LogP) is 4.02. The summed E-state index contributed by atoms with van der Waals surface area (Å²) in [6.07, 6.45) is 0. The number of hydrogen-bond acceptors (Lipinski definition) is 4. The average molecular weight is 369 g/mol. The minimum Gasteiger partial charge on any atom is -0.507 e. The molecule has 0 aliphatic rings. The van der Waals surface area contributed by atoms with Crippen molar-refractivity contribution in [3.8, 4) is 17.2 Å². The second kappa shape index (κ2) is 7.71. The second-order valence-corrected chi connectivity index (χ2v) is 6.51. The van der Waals surface area contributed by atoms with Gasteiger partial charge in [-0.2, -0.15) is 0 Å². The molecule has 6 nitrogen and oxygen atoms in total. The number of para-hydroxylation sites is 1. The van der Waals surface area contributed by atoms with Gasteiger partial charge in [-0.25, -0.2) is 9.00 Å². The first-order valence-electron chi connectivity index (χ1n) is 7.60. The fourth-order valence-corrected chi connectivity index (χ4v) is 3.04. The van der Waals surface area contributed by atoms with Crippen LogP contribution < -0.4 is 9.46 Å². The quantitative estimate of drug-likeness (QED) is 0.610. The van der Waals surface area contributed by atoms with Crippen LogP contribution in [0, 0.1) is 0 Å². The van der Waals surface area contributed by atoms with E-state index in [1.807, 2.05) is 30.3 Å². The third kappa shape index (κ3) is 4.20. The molecular formula is C19H15NO5S. The van der Waals surface area contributed by atoms with Crippen LogP contribution in [0.5, 0.6) is 17.2 Å². The molecule has 132 valence electrons. The lowest BCUT2D eigenvalue weighted by Gasteiger charge is -2.09. The van der Waals surface area contributed by atoms with Gasteiger partial charge in [-0.15, -0.1) is 0 Å². The summed E-state index contributed by atoms with van der Waals surface area (Å²) in [5, 5.41) is 18.6. The van der Waals surface area contributed by atoms with Gasteiger partial charge in [-0.1, -0.05) is 18.2 Å². The Morgan fingerprint density at radius 1 is 0.923 bits per heavy atom. The maximum Gasteiger partial charge on any atom is 0.339 e. The molecule has 0 saturated heterocycles. The molecule has 0 amide bonds. The van der Waals surface area contributed by atoms with Gasteiger partial charge in [0.25, 0.3) is 0 Å². The third-order valence-corrected chi connectivity index (χ3v) is 4.58. The van der Waals surface area contributed by atoms with E-state index in [4.69, 9.17) is 9.84 Å². The highest BCUT2D eigenvalue weighted by molar-refractivity contribution is 7.86. The van der Waals surface area contributed by atoms with Gasteiger partial charge in [-0.05, 0) is 48.5 Å². The van der Waals surface area contributed by atoms with Crippen LogP contribution in [0.1, 0.15) is 10.4 Å². The summed E-state index contributed by atoms with van der Waals surface area (Å²) in [5.74, 6) is -0.316. The molecule has 0 saturated carbocycles. The molecule has 3 aromatic carbocycles. The van der Waals surface area contributed by atoms with Gasteiger partial charge >= 0.3 is 5.97 Å². The summed E-state index contributed by atoms with van der Waals surface area (Å²) in [4.78, 5) is 11.4. The van der Waals surface area contributed by atoms with E-state index in [0.717, 1.165) is 0 Å².